The van der Waals surface area contributed by atoms with Gasteiger partial charge in [0.25, 0.3) is 0 Å². The maximum Gasteiger partial charge on any atom is 0.472 e. The topological polar surface area (TPSA) is 155 Å². The van der Waals surface area contributed by atoms with Gasteiger partial charge in [-0.1, -0.05) is 162 Å². The maximum atomic E-state index is 12.8. The Hall–Kier alpha value is -3.86. The minimum Gasteiger partial charge on any atom is -0.462 e. The Morgan fingerprint density at radius 2 is 0.818 bits per heavy atom. The molecule has 0 amide bonds. The number of carbonyl (C=O) groups is 3. The van der Waals surface area contributed by atoms with E-state index in [0.29, 0.717) is 19.3 Å². The zero-order chi connectivity index (χ0) is 48.4. The fraction of sp³-hybridized carbons (Fsp3) is 0.611. The van der Waals surface area contributed by atoms with Crippen LogP contribution in [0.4, 0.5) is 0 Å². The average molecular weight is 943 g/mol. The first-order valence-electron chi connectivity index (χ1n) is 24.8. The van der Waals surface area contributed by atoms with E-state index < -0.39 is 57.8 Å². The second kappa shape index (κ2) is 47.6. The highest BCUT2D eigenvalue weighted by atomic mass is 31.2. The van der Waals surface area contributed by atoms with Crippen molar-refractivity contribution in [3.8, 4) is 0 Å². The molecule has 3 unspecified atom stereocenters. The van der Waals surface area contributed by atoms with Gasteiger partial charge in [-0.15, -0.1) is 0 Å². The summed E-state index contributed by atoms with van der Waals surface area (Å²) in [7, 11) is -4.77. The molecule has 0 aromatic rings. The van der Waals surface area contributed by atoms with Crippen LogP contribution in [0.5, 0.6) is 0 Å². The number of unbranched alkanes of at least 4 members (excludes halogenated alkanes) is 9. The van der Waals surface area contributed by atoms with Crippen LogP contribution in [0.1, 0.15) is 175 Å². The highest BCUT2D eigenvalue weighted by molar-refractivity contribution is 7.47. The molecule has 374 valence electrons. The van der Waals surface area contributed by atoms with Crippen LogP contribution in [0.25, 0.3) is 0 Å². The number of allylic oxidation sites excluding steroid dienone is 18. The molecule has 0 saturated heterocycles. The largest absolute Gasteiger partial charge is 0.472 e. The number of aliphatic hydroxyl groups excluding tert-OH is 1. The fourth-order valence-corrected chi connectivity index (χ4v) is 6.73. The number of esters is 3. The van der Waals surface area contributed by atoms with E-state index in [1.165, 1.54) is 0 Å². The number of phosphoric acid groups is 1. The molecule has 0 spiro atoms. The van der Waals surface area contributed by atoms with Crippen molar-refractivity contribution >= 4 is 25.7 Å². The van der Waals surface area contributed by atoms with E-state index in [0.717, 1.165) is 116 Å². The minimum absolute atomic E-state index is 0.0334. The van der Waals surface area contributed by atoms with Gasteiger partial charge < -0.3 is 24.2 Å². The zero-order valence-corrected chi connectivity index (χ0v) is 41.8. The molecule has 12 heteroatoms. The highest BCUT2D eigenvalue weighted by Gasteiger charge is 2.28. The molecule has 11 nitrogen and oxygen atoms in total. The summed E-state index contributed by atoms with van der Waals surface area (Å²) in [6.45, 7) is 4.17. The second-order valence-electron chi connectivity index (χ2n) is 15.9. The van der Waals surface area contributed by atoms with Gasteiger partial charge in [-0.25, -0.2) is 4.57 Å². The number of rotatable bonds is 44. The summed E-state index contributed by atoms with van der Waals surface area (Å²) in [6.07, 6.45) is 55.1. The predicted octanol–water partition coefficient (Wildman–Crippen LogP) is 13.9. The number of hydrogen-bond donors (Lipinski definition) is 2. The first-order chi connectivity index (χ1) is 32.2. The molecule has 0 bridgehead atoms. The molecule has 0 aliphatic rings. The molecule has 2 N–H and O–H groups in total. The number of phosphoric ester groups is 1. The standard InChI is InChI=1S/C54H87O11P/c1-4-7-10-13-16-19-22-25-28-31-34-37-40-43-52(56)61-47-51(65-54(58)45-42-39-36-33-30-27-24-21-18-15-12-9-6-3)49-63-66(59,60)62-48-50(46-55)64-53(57)44-41-38-35-32-29-26-23-20-17-14-11-8-5-2/h7,9-12,14,16,18-21,23,25,27-28,30,36,39,50-51,55H,4-6,8,13,15,17,22,24,26,29,31-35,37-38,40-49H2,1-3H3,(H,59,60)/b10-7-,12-9-,14-11-,19-16-,21-18-,23-20-,28-25-,30-27-,39-36-. The number of hydrogen-bond acceptors (Lipinski definition) is 10. The Morgan fingerprint density at radius 1 is 0.439 bits per heavy atom. The molecular weight excluding hydrogens is 856 g/mol. The van der Waals surface area contributed by atoms with E-state index in [2.05, 4.69) is 112 Å². The van der Waals surface area contributed by atoms with E-state index in [1.54, 1.807) is 0 Å². The van der Waals surface area contributed by atoms with Gasteiger partial charge in [-0.3, -0.25) is 23.4 Å². The maximum absolute atomic E-state index is 12.8. The van der Waals surface area contributed by atoms with E-state index in [1.807, 2.05) is 18.2 Å². The molecule has 0 aromatic carbocycles. The smallest absolute Gasteiger partial charge is 0.462 e. The number of aliphatic hydroxyl groups is 1. The second-order valence-corrected chi connectivity index (χ2v) is 17.3. The molecule has 0 aliphatic heterocycles. The minimum atomic E-state index is -4.77. The Kier molecular flexibility index (Phi) is 44.8. The van der Waals surface area contributed by atoms with Crippen LogP contribution in [0.2, 0.25) is 0 Å². The van der Waals surface area contributed by atoms with Crippen molar-refractivity contribution in [1.82, 2.24) is 0 Å². The van der Waals surface area contributed by atoms with Gasteiger partial charge in [0.1, 0.15) is 12.7 Å². The van der Waals surface area contributed by atoms with E-state index in [9.17, 15) is 28.9 Å². The van der Waals surface area contributed by atoms with Crippen LogP contribution in [-0.2, 0) is 42.2 Å². The van der Waals surface area contributed by atoms with E-state index in [-0.39, 0.29) is 25.9 Å². The van der Waals surface area contributed by atoms with Crippen molar-refractivity contribution in [1.29, 1.82) is 0 Å². The molecule has 0 aliphatic carbocycles. The Balaban J connectivity index is 4.89. The lowest BCUT2D eigenvalue weighted by molar-refractivity contribution is -0.161. The molecule has 0 radical (unpaired) electrons. The van der Waals surface area contributed by atoms with Crippen molar-refractivity contribution in [2.45, 2.75) is 187 Å². The summed E-state index contributed by atoms with van der Waals surface area (Å²) < 4.78 is 39.1. The Morgan fingerprint density at radius 3 is 1.32 bits per heavy atom. The van der Waals surface area contributed by atoms with Crippen LogP contribution >= 0.6 is 7.82 Å². The van der Waals surface area contributed by atoms with Gasteiger partial charge >= 0.3 is 25.7 Å². The molecule has 0 saturated carbocycles. The lowest BCUT2D eigenvalue weighted by Crippen LogP contribution is -2.30. The van der Waals surface area contributed by atoms with Crippen molar-refractivity contribution in [3.05, 3.63) is 109 Å². The van der Waals surface area contributed by atoms with Gasteiger partial charge in [0.2, 0.25) is 0 Å². The lowest BCUT2D eigenvalue weighted by atomic mass is 10.1. The number of carbonyl (C=O) groups excluding carboxylic acids is 3. The Bertz CT molecular complexity index is 1520. The van der Waals surface area contributed by atoms with Crippen molar-refractivity contribution in [2.24, 2.45) is 0 Å². The van der Waals surface area contributed by atoms with Crippen LogP contribution in [0.3, 0.4) is 0 Å². The van der Waals surface area contributed by atoms with Gasteiger partial charge in [0.15, 0.2) is 6.10 Å². The van der Waals surface area contributed by atoms with Crippen LogP contribution in [0, 0.1) is 0 Å². The van der Waals surface area contributed by atoms with Crippen LogP contribution < -0.4 is 0 Å². The summed E-state index contributed by atoms with van der Waals surface area (Å²) >= 11 is 0. The van der Waals surface area contributed by atoms with Crippen LogP contribution in [-0.4, -0.2) is 66.5 Å². The molecule has 0 heterocycles. The van der Waals surface area contributed by atoms with Gasteiger partial charge in [0, 0.05) is 19.3 Å². The average Bonchev–Trinajstić information content (AvgIpc) is 3.30. The van der Waals surface area contributed by atoms with E-state index in [4.69, 9.17) is 23.3 Å². The monoisotopic (exact) mass is 943 g/mol. The third-order valence-corrected chi connectivity index (χ3v) is 10.6. The first-order valence-corrected chi connectivity index (χ1v) is 26.3. The summed E-state index contributed by atoms with van der Waals surface area (Å²) in [6, 6.07) is 0. The summed E-state index contributed by atoms with van der Waals surface area (Å²) in [5, 5.41) is 9.76. The highest BCUT2D eigenvalue weighted by Crippen LogP contribution is 2.43. The molecule has 0 rings (SSSR count). The zero-order valence-electron chi connectivity index (χ0n) is 40.9. The van der Waals surface area contributed by atoms with Crippen molar-refractivity contribution in [3.63, 3.8) is 0 Å². The fourth-order valence-electron chi connectivity index (χ4n) is 5.95. The molecule has 66 heavy (non-hydrogen) atoms. The first kappa shape index (κ1) is 62.1. The summed E-state index contributed by atoms with van der Waals surface area (Å²) in [4.78, 5) is 48.2. The molecule has 0 fully saturated rings. The summed E-state index contributed by atoms with van der Waals surface area (Å²) in [5.74, 6) is -1.63. The molecular formula is C54H87O11P. The normalized spacial score (nSPS) is 14.4. The number of ether oxygens (including phenoxy) is 3. The van der Waals surface area contributed by atoms with E-state index >= 15 is 0 Å². The van der Waals surface area contributed by atoms with Crippen molar-refractivity contribution < 1.29 is 52.2 Å². The van der Waals surface area contributed by atoms with Gasteiger partial charge in [-0.05, 0) is 103 Å². The quantitative estimate of drug-likeness (QED) is 0.0197. The third-order valence-electron chi connectivity index (χ3n) is 9.66. The van der Waals surface area contributed by atoms with Crippen LogP contribution in [0.15, 0.2) is 109 Å². The molecule has 3 atom stereocenters. The molecule has 0 aromatic heterocycles. The Labute approximate surface area is 399 Å². The lowest BCUT2D eigenvalue weighted by Gasteiger charge is -2.21. The summed E-state index contributed by atoms with van der Waals surface area (Å²) in [5.41, 5.74) is 0. The predicted molar refractivity (Wildman–Crippen MR) is 270 cm³/mol. The third kappa shape index (κ3) is 45.3. The van der Waals surface area contributed by atoms with Gasteiger partial charge in [0.05, 0.1) is 19.8 Å². The SMILES string of the molecule is CC/C=C\C/C=C\C/C=C\C/C=C\CCC(=O)OC(COC(=O)CCCCC/C=C\C/C=C\C/C=C\CC)COP(=O)(O)OCC(CO)OC(=O)CCCCCCC/C=C\C/C=C\CCC. The van der Waals surface area contributed by atoms with Gasteiger partial charge in [-0.2, -0.15) is 0 Å². The van der Waals surface area contributed by atoms with Crippen molar-refractivity contribution in [2.75, 3.05) is 26.4 Å².